The summed E-state index contributed by atoms with van der Waals surface area (Å²) >= 11 is 0. The van der Waals surface area contributed by atoms with Gasteiger partial charge in [0, 0.05) is 26.2 Å². The molecule has 0 unspecified atom stereocenters. The molecule has 2 nitrogen and oxygen atoms in total. The van der Waals surface area contributed by atoms with E-state index in [9.17, 15) is 26.3 Å². The van der Waals surface area contributed by atoms with E-state index in [1.165, 1.54) is 0 Å². The second kappa shape index (κ2) is 7.31. The first-order valence-corrected chi connectivity index (χ1v) is 7.75. The molecule has 1 aromatic carbocycles. The second-order valence-corrected chi connectivity index (χ2v) is 6.12. The third kappa shape index (κ3) is 5.11. The molecular formula is C16H20F6N2. The number of hydrogen-bond acceptors (Lipinski definition) is 2. The van der Waals surface area contributed by atoms with Gasteiger partial charge in [-0.15, -0.1) is 0 Å². The van der Waals surface area contributed by atoms with Crippen LogP contribution >= 0.6 is 0 Å². The lowest BCUT2D eigenvalue weighted by atomic mass is 9.99. The van der Waals surface area contributed by atoms with Crippen LogP contribution in [0.25, 0.3) is 0 Å². The van der Waals surface area contributed by atoms with Gasteiger partial charge in [0.1, 0.15) is 0 Å². The molecule has 0 amide bonds. The summed E-state index contributed by atoms with van der Waals surface area (Å²) in [6.45, 7) is 4.18. The molecule has 1 aliphatic heterocycles. The minimum Gasteiger partial charge on any atom is -0.304 e. The third-order valence-corrected chi connectivity index (χ3v) is 4.26. The van der Waals surface area contributed by atoms with E-state index in [2.05, 4.69) is 9.80 Å². The number of rotatable bonds is 4. The van der Waals surface area contributed by atoms with Gasteiger partial charge in [-0.3, -0.25) is 0 Å². The molecule has 1 fully saturated rings. The molecule has 0 N–H and O–H groups in total. The number of aryl methyl sites for hydroxylation is 1. The van der Waals surface area contributed by atoms with Crippen LogP contribution in [0.2, 0.25) is 0 Å². The largest absolute Gasteiger partial charge is 0.416 e. The van der Waals surface area contributed by atoms with E-state index in [1.54, 1.807) is 0 Å². The topological polar surface area (TPSA) is 6.48 Å². The van der Waals surface area contributed by atoms with Crippen molar-refractivity contribution in [1.82, 2.24) is 9.80 Å². The molecular weight excluding hydrogens is 334 g/mol. The van der Waals surface area contributed by atoms with Crippen LogP contribution < -0.4 is 0 Å². The van der Waals surface area contributed by atoms with E-state index in [0.717, 1.165) is 38.3 Å². The predicted octanol–water partition coefficient (Wildman–Crippen LogP) is 3.90. The van der Waals surface area contributed by atoms with Gasteiger partial charge in [0.25, 0.3) is 0 Å². The SMILES string of the molecule is CN1CCN(CCCc2ccc(C(F)(F)F)cc2C(F)(F)F)CC1. The van der Waals surface area contributed by atoms with Gasteiger partial charge in [0.15, 0.2) is 0 Å². The molecule has 136 valence electrons. The summed E-state index contributed by atoms with van der Waals surface area (Å²) in [5.41, 5.74) is -2.53. The lowest BCUT2D eigenvalue weighted by Gasteiger charge is -2.32. The minimum atomic E-state index is -4.79. The molecule has 24 heavy (non-hydrogen) atoms. The Hall–Kier alpha value is -1.28. The van der Waals surface area contributed by atoms with Crippen molar-refractivity contribution in [2.24, 2.45) is 0 Å². The zero-order valence-electron chi connectivity index (χ0n) is 13.3. The molecule has 1 saturated heterocycles. The van der Waals surface area contributed by atoms with Crippen LogP contribution in [-0.2, 0) is 18.8 Å². The van der Waals surface area contributed by atoms with Crippen LogP contribution in [0.3, 0.4) is 0 Å². The standard InChI is InChI=1S/C16H20F6N2/c1-23-7-9-24(10-8-23)6-2-3-12-4-5-13(15(17,18)19)11-14(12)16(20,21)22/h4-5,11H,2-3,6-10H2,1H3. The van der Waals surface area contributed by atoms with E-state index in [1.807, 2.05) is 7.05 Å². The van der Waals surface area contributed by atoms with Crippen molar-refractivity contribution in [3.63, 3.8) is 0 Å². The van der Waals surface area contributed by atoms with Crippen molar-refractivity contribution in [1.29, 1.82) is 0 Å². The number of alkyl halides is 6. The molecule has 0 aliphatic carbocycles. The number of nitrogens with zero attached hydrogens (tertiary/aromatic N) is 2. The zero-order valence-corrected chi connectivity index (χ0v) is 13.3. The Balaban J connectivity index is 2.04. The van der Waals surface area contributed by atoms with E-state index >= 15 is 0 Å². The number of likely N-dealkylation sites (N-methyl/N-ethyl adjacent to an activating group) is 1. The Labute approximate surface area is 137 Å². The van der Waals surface area contributed by atoms with Gasteiger partial charge in [-0.05, 0) is 44.1 Å². The normalized spacial score (nSPS) is 18.1. The minimum absolute atomic E-state index is 0.0790. The fourth-order valence-corrected chi connectivity index (χ4v) is 2.80. The van der Waals surface area contributed by atoms with E-state index in [-0.39, 0.29) is 18.1 Å². The highest BCUT2D eigenvalue weighted by Crippen LogP contribution is 2.37. The second-order valence-electron chi connectivity index (χ2n) is 6.12. The van der Waals surface area contributed by atoms with Crippen molar-refractivity contribution in [2.45, 2.75) is 25.2 Å². The monoisotopic (exact) mass is 354 g/mol. The van der Waals surface area contributed by atoms with Crippen molar-refractivity contribution in [3.8, 4) is 0 Å². The molecule has 0 atom stereocenters. The maximum atomic E-state index is 13.1. The van der Waals surface area contributed by atoms with Crippen LogP contribution in [0, 0.1) is 0 Å². The first-order chi connectivity index (χ1) is 11.1. The molecule has 8 heteroatoms. The molecule has 0 saturated carbocycles. The Morgan fingerprint density at radius 3 is 2.08 bits per heavy atom. The molecule has 0 bridgehead atoms. The smallest absolute Gasteiger partial charge is 0.304 e. The van der Waals surface area contributed by atoms with E-state index < -0.39 is 23.5 Å². The number of halogens is 6. The number of hydrogen-bond donors (Lipinski definition) is 0. The van der Waals surface area contributed by atoms with Crippen molar-refractivity contribution < 1.29 is 26.3 Å². The van der Waals surface area contributed by atoms with E-state index in [4.69, 9.17) is 0 Å². The summed E-state index contributed by atoms with van der Waals surface area (Å²) in [7, 11) is 2.01. The number of benzene rings is 1. The average Bonchev–Trinajstić information content (AvgIpc) is 2.47. The van der Waals surface area contributed by atoms with Crippen LogP contribution in [0.5, 0.6) is 0 Å². The van der Waals surface area contributed by atoms with Crippen LogP contribution in [-0.4, -0.2) is 49.6 Å². The quantitative estimate of drug-likeness (QED) is 0.757. The highest BCUT2D eigenvalue weighted by atomic mass is 19.4. The average molecular weight is 354 g/mol. The molecule has 0 radical (unpaired) electrons. The van der Waals surface area contributed by atoms with Gasteiger partial charge in [0.05, 0.1) is 11.1 Å². The van der Waals surface area contributed by atoms with Crippen molar-refractivity contribution >= 4 is 0 Å². The third-order valence-electron chi connectivity index (χ3n) is 4.26. The Morgan fingerprint density at radius 2 is 1.54 bits per heavy atom. The van der Waals surface area contributed by atoms with E-state index in [0.29, 0.717) is 13.0 Å². The lowest BCUT2D eigenvalue weighted by Crippen LogP contribution is -2.44. The maximum absolute atomic E-state index is 13.1. The summed E-state index contributed by atoms with van der Waals surface area (Å²) in [6.07, 6.45) is -8.97. The zero-order chi connectivity index (χ0) is 18.0. The molecule has 0 aromatic heterocycles. The Kier molecular flexibility index (Phi) is 5.80. The molecule has 0 spiro atoms. The van der Waals surface area contributed by atoms with Gasteiger partial charge in [-0.1, -0.05) is 6.07 Å². The lowest BCUT2D eigenvalue weighted by molar-refractivity contribution is -0.143. The Morgan fingerprint density at radius 1 is 0.917 bits per heavy atom. The highest BCUT2D eigenvalue weighted by molar-refractivity contribution is 5.35. The van der Waals surface area contributed by atoms with Crippen LogP contribution in [0.15, 0.2) is 18.2 Å². The molecule has 1 heterocycles. The summed E-state index contributed by atoms with van der Waals surface area (Å²) in [5, 5.41) is 0. The molecule has 2 rings (SSSR count). The highest BCUT2D eigenvalue weighted by Gasteiger charge is 2.37. The summed E-state index contributed by atoms with van der Waals surface area (Å²) < 4.78 is 77.1. The first-order valence-electron chi connectivity index (χ1n) is 7.75. The first kappa shape index (κ1) is 19.1. The fourth-order valence-electron chi connectivity index (χ4n) is 2.80. The Bertz CT molecular complexity index is 544. The van der Waals surface area contributed by atoms with Gasteiger partial charge < -0.3 is 9.80 Å². The van der Waals surface area contributed by atoms with Gasteiger partial charge in [0.2, 0.25) is 0 Å². The fraction of sp³-hybridized carbons (Fsp3) is 0.625. The number of piperazine rings is 1. The molecule has 1 aromatic rings. The summed E-state index contributed by atoms with van der Waals surface area (Å²) in [6, 6.07) is 1.89. The molecule has 1 aliphatic rings. The summed E-state index contributed by atoms with van der Waals surface area (Å²) in [5.74, 6) is 0. The summed E-state index contributed by atoms with van der Waals surface area (Å²) in [4.78, 5) is 4.34. The van der Waals surface area contributed by atoms with Gasteiger partial charge >= 0.3 is 12.4 Å². The predicted molar refractivity (Wildman–Crippen MR) is 78.7 cm³/mol. The van der Waals surface area contributed by atoms with Crippen molar-refractivity contribution in [3.05, 3.63) is 34.9 Å². The van der Waals surface area contributed by atoms with Gasteiger partial charge in [-0.25, -0.2) is 0 Å². The van der Waals surface area contributed by atoms with Gasteiger partial charge in [-0.2, -0.15) is 26.3 Å². The maximum Gasteiger partial charge on any atom is 0.416 e. The van der Waals surface area contributed by atoms with Crippen molar-refractivity contribution in [2.75, 3.05) is 39.8 Å². The van der Waals surface area contributed by atoms with Crippen LogP contribution in [0.4, 0.5) is 26.3 Å². The van der Waals surface area contributed by atoms with Crippen LogP contribution in [0.1, 0.15) is 23.1 Å².